The molecule has 2 aliphatic heterocycles. The summed E-state index contributed by atoms with van der Waals surface area (Å²) in [5.41, 5.74) is 3.70. The average molecular weight is 433 g/mol. The molecule has 1 spiro atoms. The lowest BCUT2D eigenvalue weighted by atomic mass is 9.65. The van der Waals surface area contributed by atoms with E-state index in [-0.39, 0.29) is 17.7 Å². The largest absolute Gasteiger partial charge is 0.383 e. The van der Waals surface area contributed by atoms with E-state index >= 15 is 0 Å². The maximum atomic E-state index is 14.3. The average Bonchev–Trinajstić information content (AvgIpc) is 2.84. The molecule has 5 rings (SSSR count). The zero-order chi connectivity index (χ0) is 22.1. The predicted molar refractivity (Wildman–Crippen MR) is 123 cm³/mol. The van der Waals surface area contributed by atoms with Gasteiger partial charge in [0.1, 0.15) is 0 Å². The Labute approximate surface area is 190 Å². The molecule has 5 heteroatoms. The van der Waals surface area contributed by atoms with Crippen molar-refractivity contribution in [1.29, 1.82) is 0 Å². The Morgan fingerprint density at radius 3 is 2.53 bits per heavy atom. The molecule has 1 fully saturated rings. The molecule has 0 bridgehead atoms. The van der Waals surface area contributed by atoms with Crippen LogP contribution in [0.4, 0.5) is 0 Å². The normalized spacial score (nSPS) is 21.9. The summed E-state index contributed by atoms with van der Waals surface area (Å²) in [7, 11) is 1.67. The van der Waals surface area contributed by atoms with E-state index < -0.39 is 5.54 Å². The summed E-state index contributed by atoms with van der Waals surface area (Å²) >= 11 is 0. The number of fused-ring (bicyclic) bond motifs is 2. The summed E-state index contributed by atoms with van der Waals surface area (Å²) < 4.78 is 5.38. The standard InChI is InChI=1S/C27H32N2O3/c1-32-18-17-29-25(30)23-12-6-5-11-22(23)24(27(29)14-7-2-8-15-27)26(31)28-16-13-20-9-3-4-10-21(20)19-28/h3-6,9-12,24H,2,7-8,13-19H2,1H3/t24-/m0/s1. The number of carbonyl (C=O) groups is 2. The van der Waals surface area contributed by atoms with Crippen LogP contribution in [0.2, 0.25) is 0 Å². The van der Waals surface area contributed by atoms with E-state index in [1.54, 1.807) is 7.11 Å². The van der Waals surface area contributed by atoms with Gasteiger partial charge >= 0.3 is 0 Å². The first-order chi connectivity index (χ1) is 15.7. The summed E-state index contributed by atoms with van der Waals surface area (Å²) in [5, 5.41) is 0. The Morgan fingerprint density at radius 1 is 1.03 bits per heavy atom. The summed E-state index contributed by atoms with van der Waals surface area (Å²) in [6, 6.07) is 16.2. The molecule has 1 atom stereocenters. The van der Waals surface area contributed by atoms with E-state index in [1.807, 2.05) is 34.1 Å². The fraction of sp³-hybridized carbons (Fsp3) is 0.481. The molecular formula is C27H32N2O3. The lowest BCUT2D eigenvalue weighted by molar-refractivity contribution is -0.139. The van der Waals surface area contributed by atoms with Gasteiger partial charge in [-0.3, -0.25) is 9.59 Å². The number of amides is 2. The number of hydrogen-bond acceptors (Lipinski definition) is 3. The van der Waals surface area contributed by atoms with Crippen molar-refractivity contribution in [2.75, 3.05) is 26.8 Å². The number of carbonyl (C=O) groups excluding carboxylic acids is 2. The molecule has 0 radical (unpaired) electrons. The molecular weight excluding hydrogens is 400 g/mol. The van der Waals surface area contributed by atoms with Gasteiger partial charge in [0.25, 0.3) is 5.91 Å². The second kappa shape index (κ2) is 8.70. The van der Waals surface area contributed by atoms with Crippen LogP contribution in [0.5, 0.6) is 0 Å². The molecule has 0 aromatic heterocycles. The van der Waals surface area contributed by atoms with Crippen LogP contribution in [-0.4, -0.2) is 54.0 Å². The van der Waals surface area contributed by atoms with E-state index in [4.69, 9.17) is 4.74 Å². The number of rotatable bonds is 4. The third kappa shape index (κ3) is 3.43. The number of nitrogens with zero attached hydrogens (tertiary/aromatic N) is 2. The molecule has 2 amide bonds. The van der Waals surface area contributed by atoms with Gasteiger partial charge in [0.2, 0.25) is 5.91 Å². The van der Waals surface area contributed by atoms with Crippen LogP contribution in [-0.2, 0) is 22.5 Å². The Kier molecular flexibility index (Phi) is 5.76. The van der Waals surface area contributed by atoms with Crippen LogP contribution < -0.4 is 0 Å². The molecule has 1 saturated carbocycles. The summed E-state index contributed by atoms with van der Waals surface area (Å²) in [5.74, 6) is -0.102. The van der Waals surface area contributed by atoms with Crippen LogP contribution in [0, 0.1) is 0 Å². The van der Waals surface area contributed by atoms with Crippen molar-refractivity contribution >= 4 is 11.8 Å². The van der Waals surface area contributed by atoms with Gasteiger partial charge in [-0.25, -0.2) is 0 Å². The quantitative estimate of drug-likeness (QED) is 0.729. The predicted octanol–water partition coefficient (Wildman–Crippen LogP) is 4.16. The molecule has 0 saturated heterocycles. The van der Waals surface area contributed by atoms with Gasteiger partial charge in [-0.05, 0) is 42.0 Å². The summed E-state index contributed by atoms with van der Waals surface area (Å²) in [6.45, 7) is 2.39. The van der Waals surface area contributed by atoms with Crippen LogP contribution in [0.3, 0.4) is 0 Å². The fourth-order valence-corrected chi connectivity index (χ4v) is 6.20. The third-order valence-electron chi connectivity index (χ3n) is 7.75. The smallest absolute Gasteiger partial charge is 0.254 e. The SMILES string of the molecule is COCCN1C(=O)c2ccccc2[C@@H](C(=O)N2CCc3ccccc3C2)C12CCCCC2. The monoisotopic (exact) mass is 432 g/mol. The minimum absolute atomic E-state index is 0.0487. The van der Waals surface area contributed by atoms with Crippen LogP contribution in [0.15, 0.2) is 48.5 Å². The topological polar surface area (TPSA) is 49.9 Å². The van der Waals surface area contributed by atoms with Crippen molar-refractivity contribution in [2.45, 2.75) is 56.5 Å². The van der Waals surface area contributed by atoms with Gasteiger partial charge in [0.15, 0.2) is 0 Å². The van der Waals surface area contributed by atoms with Gasteiger partial charge in [-0.1, -0.05) is 61.7 Å². The molecule has 5 nitrogen and oxygen atoms in total. The number of ether oxygens (including phenoxy) is 1. The highest BCUT2D eigenvalue weighted by molar-refractivity contribution is 6.02. The molecule has 2 aromatic rings. The molecule has 168 valence electrons. The zero-order valence-corrected chi connectivity index (χ0v) is 18.9. The number of methoxy groups -OCH3 is 1. The first-order valence-corrected chi connectivity index (χ1v) is 11.9. The second-order valence-electron chi connectivity index (χ2n) is 9.41. The molecule has 0 unspecified atom stereocenters. The van der Waals surface area contributed by atoms with E-state index in [0.717, 1.165) is 50.6 Å². The van der Waals surface area contributed by atoms with Gasteiger partial charge in [-0.15, -0.1) is 0 Å². The molecule has 2 aromatic carbocycles. The van der Waals surface area contributed by atoms with Gasteiger partial charge < -0.3 is 14.5 Å². The number of hydrogen-bond donors (Lipinski definition) is 0. The molecule has 0 N–H and O–H groups in total. The lowest BCUT2D eigenvalue weighted by Crippen LogP contribution is -2.63. The first-order valence-electron chi connectivity index (χ1n) is 11.9. The summed E-state index contributed by atoms with van der Waals surface area (Å²) in [4.78, 5) is 32.0. The molecule has 3 aliphatic rings. The maximum Gasteiger partial charge on any atom is 0.254 e. The van der Waals surface area contributed by atoms with E-state index in [1.165, 1.54) is 11.1 Å². The van der Waals surface area contributed by atoms with Crippen LogP contribution in [0.1, 0.15) is 65.1 Å². The highest BCUT2D eigenvalue weighted by Crippen LogP contribution is 2.50. The minimum Gasteiger partial charge on any atom is -0.383 e. The lowest BCUT2D eigenvalue weighted by Gasteiger charge is -2.54. The van der Waals surface area contributed by atoms with Crippen molar-refractivity contribution in [1.82, 2.24) is 9.80 Å². The van der Waals surface area contributed by atoms with Gasteiger partial charge in [0, 0.05) is 32.3 Å². The van der Waals surface area contributed by atoms with E-state index in [9.17, 15) is 9.59 Å². The Hall–Kier alpha value is -2.66. The van der Waals surface area contributed by atoms with Crippen molar-refractivity contribution < 1.29 is 14.3 Å². The van der Waals surface area contributed by atoms with E-state index in [0.29, 0.717) is 25.3 Å². The first kappa shape index (κ1) is 21.2. The summed E-state index contributed by atoms with van der Waals surface area (Å²) in [6.07, 6.45) is 5.88. The van der Waals surface area contributed by atoms with Crippen LogP contribution in [0.25, 0.3) is 0 Å². The fourth-order valence-electron chi connectivity index (χ4n) is 6.20. The van der Waals surface area contributed by atoms with Crippen LogP contribution >= 0.6 is 0 Å². The van der Waals surface area contributed by atoms with Gasteiger partial charge in [0.05, 0.1) is 18.1 Å². The maximum absolute atomic E-state index is 14.3. The minimum atomic E-state index is -0.462. The van der Waals surface area contributed by atoms with Crippen molar-refractivity contribution in [3.63, 3.8) is 0 Å². The molecule has 1 aliphatic carbocycles. The van der Waals surface area contributed by atoms with E-state index in [2.05, 4.69) is 24.3 Å². The highest BCUT2D eigenvalue weighted by Gasteiger charge is 2.55. The molecule has 2 heterocycles. The Balaban J connectivity index is 1.58. The zero-order valence-electron chi connectivity index (χ0n) is 18.9. The second-order valence-corrected chi connectivity index (χ2v) is 9.41. The Bertz CT molecular complexity index is 1010. The van der Waals surface area contributed by atoms with Crippen molar-refractivity contribution in [3.8, 4) is 0 Å². The number of benzene rings is 2. The highest BCUT2D eigenvalue weighted by atomic mass is 16.5. The molecule has 32 heavy (non-hydrogen) atoms. The third-order valence-corrected chi connectivity index (χ3v) is 7.75. The van der Waals surface area contributed by atoms with Crippen molar-refractivity contribution in [3.05, 3.63) is 70.8 Å². The van der Waals surface area contributed by atoms with Crippen molar-refractivity contribution in [2.24, 2.45) is 0 Å². The Morgan fingerprint density at radius 2 is 1.75 bits per heavy atom. The van der Waals surface area contributed by atoms with Gasteiger partial charge in [-0.2, -0.15) is 0 Å².